The lowest BCUT2D eigenvalue weighted by atomic mass is 9.97. The maximum Gasteiger partial charge on any atom is 0.255 e. The first-order chi connectivity index (χ1) is 15.6. The lowest BCUT2D eigenvalue weighted by Crippen LogP contribution is -2.35. The Hall–Kier alpha value is -3.08. The highest BCUT2D eigenvalue weighted by Crippen LogP contribution is 2.41. The third kappa shape index (κ3) is 4.43. The van der Waals surface area contributed by atoms with Gasteiger partial charge in [0, 0.05) is 47.7 Å². The van der Waals surface area contributed by atoms with Gasteiger partial charge in [0.25, 0.3) is 5.91 Å². The van der Waals surface area contributed by atoms with E-state index in [1.807, 2.05) is 53.6 Å². The van der Waals surface area contributed by atoms with Gasteiger partial charge in [-0.25, -0.2) is 0 Å². The highest BCUT2D eigenvalue weighted by Gasteiger charge is 2.38. The van der Waals surface area contributed by atoms with Crippen LogP contribution in [0.2, 0.25) is 0 Å². The second-order valence-electron chi connectivity index (χ2n) is 8.75. The summed E-state index contributed by atoms with van der Waals surface area (Å²) < 4.78 is 0. The molecule has 3 aromatic rings. The molecule has 2 aromatic carbocycles. The number of aromatic nitrogens is 1. The number of amides is 2. The molecule has 2 N–H and O–H groups in total. The standard InChI is InChI=1S/C27H33N3O2/c1-3-5-10-19(4-2)17-29-25(31)15-16-30-26(21-12-6-7-13-22(21)27(30)32)23-18-28-24-14-9-8-11-20(23)24/h6-9,11-14,18-19,26,28H,3-5,10,15-17H2,1-2H3,(H,29,31)/t19-,26-/m1/s1. The number of unbranched alkanes of at least 4 members (excludes halogenated alkanes) is 1. The summed E-state index contributed by atoms with van der Waals surface area (Å²) in [5, 5.41) is 4.21. The molecule has 0 fully saturated rings. The van der Waals surface area contributed by atoms with Crippen LogP contribution in [0.1, 0.15) is 73.5 Å². The lowest BCUT2D eigenvalue weighted by molar-refractivity contribution is -0.121. The number of rotatable bonds is 10. The van der Waals surface area contributed by atoms with Crippen LogP contribution in [0.4, 0.5) is 0 Å². The van der Waals surface area contributed by atoms with Crippen LogP contribution in [-0.2, 0) is 4.79 Å². The van der Waals surface area contributed by atoms with Gasteiger partial charge in [-0.05, 0) is 30.0 Å². The second-order valence-corrected chi connectivity index (χ2v) is 8.75. The van der Waals surface area contributed by atoms with Crippen molar-refractivity contribution >= 4 is 22.7 Å². The van der Waals surface area contributed by atoms with Crippen molar-refractivity contribution in [2.75, 3.05) is 13.1 Å². The van der Waals surface area contributed by atoms with E-state index >= 15 is 0 Å². The van der Waals surface area contributed by atoms with E-state index in [-0.39, 0.29) is 17.9 Å². The number of hydrogen-bond donors (Lipinski definition) is 2. The molecule has 1 aliphatic heterocycles. The number of hydrogen-bond acceptors (Lipinski definition) is 2. The minimum absolute atomic E-state index is 0.00179. The molecule has 0 saturated heterocycles. The van der Waals surface area contributed by atoms with Gasteiger partial charge >= 0.3 is 0 Å². The average Bonchev–Trinajstić information content (AvgIpc) is 3.36. The van der Waals surface area contributed by atoms with Gasteiger partial charge in [-0.2, -0.15) is 0 Å². The molecule has 32 heavy (non-hydrogen) atoms. The SMILES string of the molecule is CCCC[C@@H](CC)CNC(=O)CCN1C(=O)c2ccccc2[C@@H]1c1c[nH]c2ccccc12. The first-order valence-corrected chi connectivity index (χ1v) is 11.9. The molecule has 4 rings (SSSR count). The summed E-state index contributed by atoms with van der Waals surface area (Å²) in [6.07, 6.45) is 6.90. The van der Waals surface area contributed by atoms with Gasteiger partial charge in [0.2, 0.25) is 5.91 Å². The lowest BCUT2D eigenvalue weighted by Gasteiger charge is -2.25. The van der Waals surface area contributed by atoms with Crippen molar-refractivity contribution in [3.8, 4) is 0 Å². The van der Waals surface area contributed by atoms with Crippen molar-refractivity contribution in [1.29, 1.82) is 0 Å². The van der Waals surface area contributed by atoms with Crippen molar-refractivity contribution in [2.45, 2.75) is 52.0 Å². The van der Waals surface area contributed by atoms with Crippen molar-refractivity contribution in [1.82, 2.24) is 15.2 Å². The summed E-state index contributed by atoms with van der Waals surface area (Å²) in [6.45, 7) is 5.49. The van der Waals surface area contributed by atoms with Crippen LogP contribution in [0.5, 0.6) is 0 Å². The number of aromatic amines is 1. The third-order valence-electron chi connectivity index (χ3n) is 6.69. The summed E-state index contributed by atoms with van der Waals surface area (Å²) in [5.41, 5.74) is 3.86. The fraction of sp³-hybridized carbons (Fsp3) is 0.407. The third-order valence-corrected chi connectivity index (χ3v) is 6.69. The van der Waals surface area contributed by atoms with Crippen molar-refractivity contribution < 1.29 is 9.59 Å². The molecule has 5 nitrogen and oxygen atoms in total. The molecule has 168 valence electrons. The van der Waals surface area contributed by atoms with Crippen LogP contribution in [0, 0.1) is 5.92 Å². The number of carbonyl (C=O) groups excluding carboxylic acids is 2. The summed E-state index contributed by atoms with van der Waals surface area (Å²) >= 11 is 0. The van der Waals surface area contributed by atoms with E-state index < -0.39 is 0 Å². The van der Waals surface area contributed by atoms with Crippen LogP contribution in [-0.4, -0.2) is 34.8 Å². The predicted octanol–water partition coefficient (Wildman–Crippen LogP) is 5.44. The first-order valence-electron chi connectivity index (χ1n) is 11.9. The zero-order valence-electron chi connectivity index (χ0n) is 19.1. The largest absolute Gasteiger partial charge is 0.361 e. The molecule has 5 heteroatoms. The molecule has 0 saturated carbocycles. The van der Waals surface area contributed by atoms with E-state index in [2.05, 4.69) is 30.2 Å². The average molecular weight is 432 g/mol. The smallest absolute Gasteiger partial charge is 0.255 e. The van der Waals surface area contributed by atoms with Crippen LogP contribution in [0.25, 0.3) is 10.9 Å². The summed E-state index contributed by atoms with van der Waals surface area (Å²) in [7, 11) is 0. The molecule has 2 heterocycles. The van der Waals surface area contributed by atoms with Crippen LogP contribution in [0.3, 0.4) is 0 Å². The molecule has 0 bridgehead atoms. The van der Waals surface area contributed by atoms with E-state index in [0.717, 1.165) is 47.0 Å². The Kier molecular flexibility index (Phi) is 6.93. The quantitative estimate of drug-likeness (QED) is 0.449. The molecule has 1 aliphatic rings. The van der Waals surface area contributed by atoms with E-state index in [4.69, 9.17) is 0 Å². The summed E-state index contributed by atoms with van der Waals surface area (Å²) in [5.74, 6) is 0.537. The van der Waals surface area contributed by atoms with Crippen molar-refractivity contribution in [3.05, 3.63) is 71.4 Å². The minimum Gasteiger partial charge on any atom is -0.361 e. The molecule has 0 unspecified atom stereocenters. The van der Waals surface area contributed by atoms with E-state index in [0.29, 0.717) is 18.9 Å². The van der Waals surface area contributed by atoms with Crippen LogP contribution in [0.15, 0.2) is 54.7 Å². The molecular formula is C27H33N3O2. The van der Waals surface area contributed by atoms with Gasteiger partial charge < -0.3 is 15.2 Å². The zero-order valence-corrected chi connectivity index (χ0v) is 19.1. The van der Waals surface area contributed by atoms with Gasteiger partial charge in [-0.1, -0.05) is 69.5 Å². The maximum absolute atomic E-state index is 13.3. The van der Waals surface area contributed by atoms with Crippen LogP contribution >= 0.6 is 0 Å². The topological polar surface area (TPSA) is 65.2 Å². The number of H-pyrrole nitrogens is 1. The molecule has 0 aliphatic carbocycles. The highest BCUT2D eigenvalue weighted by atomic mass is 16.2. The van der Waals surface area contributed by atoms with E-state index in [1.54, 1.807) is 0 Å². The van der Waals surface area contributed by atoms with Gasteiger partial charge in [0.1, 0.15) is 0 Å². The fourth-order valence-corrected chi connectivity index (χ4v) is 4.77. The number of para-hydroxylation sites is 1. The van der Waals surface area contributed by atoms with Gasteiger partial charge in [-0.3, -0.25) is 9.59 Å². The molecular weight excluding hydrogens is 398 g/mol. The fourth-order valence-electron chi connectivity index (χ4n) is 4.77. The van der Waals surface area contributed by atoms with Gasteiger partial charge in [0.05, 0.1) is 6.04 Å². The first kappa shape index (κ1) is 22.1. The minimum atomic E-state index is -0.185. The Balaban J connectivity index is 1.50. The number of nitrogens with zero attached hydrogens (tertiary/aromatic N) is 1. The second kappa shape index (κ2) is 10.0. The zero-order chi connectivity index (χ0) is 22.5. The summed E-state index contributed by atoms with van der Waals surface area (Å²) in [6, 6.07) is 15.8. The Morgan fingerprint density at radius 3 is 2.69 bits per heavy atom. The highest BCUT2D eigenvalue weighted by molar-refractivity contribution is 6.01. The summed E-state index contributed by atoms with van der Waals surface area (Å²) in [4.78, 5) is 31.1. The monoisotopic (exact) mass is 431 g/mol. The molecule has 2 amide bonds. The Bertz CT molecular complexity index is 1090. The molecule has 0 radical (unpaired) electrons. The Morgan fingerprint density at radius 1 is 1.09 bits per heavy atom. The molecule has 1 aromatic heterocycles. The number of nitrogens with one attached hydrogen (secondary N) is 2. The maximum atomic E-state index is 13.3. The van der Waals surface area contributed by atoms with Gasteiger partial charge in [0.15, 0.2) is 0 Å². The number of benzene rings is 2. The molecule has 2 atom stereocenters. The van der Waals surface area contributed by atoms with E-state index in [9.17, 15) is 9.59 Å². The predicted molar refractivity (Wildman–Crippen MR) is 129 cm³/mol. The Labute approximate surface area is 190 Å². The number of carbonyl (C=O) groups is 2. The van der Waals surface area contributed by atoms with E-state index in [1.165, 1.54) is 12.8 Å². The van der Waals surface area contributed by atoms with Crippen molar-refractivity contribution in [2.24, 2.45) is 5.92 Å². The van der Waals surface area contributed by atoms with Gasteiger partial charge in [-0.15, -0.1) is 0 Å². The van der Waals surface area contributed by atoms with Crippen molar-refractivity contribution in [3.63, 3.8) is 0 Å². The molecule has 0 spiro atoms. The number of fused-ring (bicyclic) bond motifs is 2. The normalized spacial score (nSPS) is 16.4. The Morgan fingerprint density at radius 2 is 1.88 bits per heavy atom. The van der Waals surface area contributed by atoms with Crippen LogP contribution < -0.4 is 5.32 Å².